The summed E-state index contributed by atoms with van der Waals surface area (Å²) in [6, 6.07) is 7.26. The lowest BCUT2D eigenvalue weighted by Gasteiger charge is -2.15. The monoisotopic (exact) mass is 418 g/mol. The average molecular weight is 419 g/mol. The van der Waals surface area contributed by atoms with Gasteiger partial charge in [0, 0.05) is 22.5 Å². The van der Waals surface area contributed by atoms with Gasteiger partial charge in [0.1, 0.15) is 5.01 Å². The van der Waals surface area contributed by atoms with Crippen molar-refractivity contribution >= 4 is 34.8 Å². The summed E-state index contributed by atoms with van der Waals surface area (Å²) in [4.78, 5) is 28.8. The molecule has 1 heterocycles. The third kappa shape index (κ3) is 5.66. The normalized spacial score (nSPS) is 14.9. The second-order valence-electron chi connectivity index (χ2n) is 6.74. The maximum Gasteiger partial charge on any atom is 0.358 e. The van der Waals surface area contributed by atoms with Gasteiger partial charge in [0.15, 0.2) is 11.8 Å². The first-order chi connectivity index (χ1) is 13.5. The van der Waals surface area contributed by atoms with Gasteiger partial charge in [-0.3, -0.25) is 4.79 Å². The molecule has 1 N–H and O–H groups in total. The zero-order valence-corrected chi connectivity index (χ0v) is 17.3. The van der Waals surface area contributed by atoms with E-state index in [0.29, 0.717) is 16.6 Å². The van der Waals surface area contributed by atoms with Gasteiger partial charge in [-0.05, 0) is 51.2 Å². The van der Waals surface area contributed by atoms with Crippen LogP contribution in [0.1, 0.15) is 49.5 Å². The molecule has 1 amide bonds. The van der Waals surface area contributed by atoms with E-state index in [1.165, 1.54) is 29.8 Å². The number of allylic oxidation sites excluding steroid dienone is 1. The van der Waals surface area contributed by atoms with Crippen molar-refractivity contribution in [1.82, 2.24) is 10.3 Å². The molecule has 28 heavy (non-hydrogen) atoms. The van der Waals surface area contributed by atoms with Gasteiger partial charge < -0.3 is 10.1 Å². The largest absolute Gasteiger partial charge is 0.448 e. The molecule has 5 nitrogen and oxygen atoms in total. The molecule has 3 rings (SSSR count). The van der Waals surface area contributed by atoms with Gasteiger partial charge in [0.2, 0.25) is 0 Å². The summed E-state index contributed by atoms with van der Waals surface area (Å²) < 4.78 is 5.27. The molecule has 1 aliphatic rings. The number of halogens is 1. The minimum Gasteiger partial charge on any atom is -0.448 e. The smallest absolute Gasteiger partial charge is 0.358 e. The number of hydrogen-bond acceptors (Lipinski definition) is 5. The van der Waals surface area contributed by atoms with E-state index >= 15 is 0 Å². The van der Waals surface area contributed by atoms with Crippen LogP contribution in [0.3, 0.4) is 0 Å². The number of hydrogen-bond donors (Lipinski definition) is 1. The van der Waals surface area contributed by atoms with Crippen molar-refractivity contribution in [3.8, 4) is 10.6 Å². The highest BCUT2D eigenvalue weighted by atomic mass is 35.5. The molecule has 0 saturated carbocycles. The number of carbonyl (C=O) groups excluding carboxylic acids is 2. The Hall–Kier alpha value is -2.18. The molecular weight excluding hydrogens is 396 g/mol. The second-order valence-corrected chi connectivity index (χ2v) is 8.04. The molecule has 0 aliphatic heterocycles. The number of benzene rings is 1. The van der Waals surface area contributed by atoms with E-state index < -0.39 is 12.1 Å². The number of nitrogens with one attached hydrogen (secondary N) is 1. The van der Waals surface area contributed by atoms with Crippen molar-refractivity contribution in [2.45, 2.75) is 45.1 Å². The number of ether oxygens (including phenoxy) is 1. The summed E-state index contributed by atoms with van der Waals surface area (Å²) in [6.07, 6.45) is 6.95. The van der Waals surface area contributed by atoms with Gasteiger partial charge in [-0.1, -0.05) is 35.4 Å². The minimum absolute atomic E-state index is 0.187. The fourth-order valence-corrected chi connectivity index (χ4v) is 3.99. The van der Waals surface area contributed by atoms with Crippen LogP contribution in [0.2, 0.25) is 5.02 Å². The topological polar surface area (TPSA) is 68.3 Å². The Labute approximate surface area is 173 Å². The number of nitrogens with zero attached hydrogens (tertiary/aromatic N) is 1. The summed E-state index contributed by atoms with van der Waals surface area (Å²) in [6.45, 7) is 2.12. The van der Waals surface area contributed by atoms with Crippen molar-refractivity contribution in [1.29, 1.82) is 0 Å². The maximum atomic E-state index is 12.3. The van der Waals surface area contributed by atoms with Crippen molar-refractivity contribution < 1.29 is 14.3 Å². The van der Waals surface area contributed by atoms with Crippen LogP contribution >= 0.6 is 22.9 Å². The Morgan fingerprint density at radius 3 is 2.96 bits per heavy atom. The Bertz CT molecular complexity index is 878. The Balaban J connectivity index is 1.49. The van der Waals surface area contributed by atoms with Gasteiger partial charge in [-0.25, -0.2) is 9.78 Å². The molecule has 1 aliphatic carbocycles. The number of rotatable bonds is 7. The fourth-order valence-electron chi connectivity index (χ4n) is 3.02. The van der Waals surface area contributed by atoms with Crippen molar-refractivity contribution in [3.05, 3.63) is 52.0 Å². The first-order valence-corrected chi connectivity index (χ1v) is 10.7. The number of amides is 1. The standard InChI is InChI=1S/C21H23ClN2O3S/c1-14(19(25)23-11-10-15-6-3-2-4-7-15)27-21(26)18-13-28-20(24-18)16-8-5-9-17(22)12-16/h5-6,8-9,12-14H,2-4,7,10-11H2,1H3,(H,23,25)/t14-/m0/s1. The lowest BCUT2D eigenvalue weighted by atomic mass is 9.97. The highest BCUT2D eigenvalue weighted by molar-refractivity contribution is 7.13. The lowest BCUT2D eigenvalue weighted by Crippen LogP contribution is -2.36. The molecule has 7 heteroatoms. The molecule has 1 atom stereocenters. The SMILES string of the molecule is C[C@H](OC(=O)c1csc(-c2cccc(Cl)c2)n1)C(=O)NCCC1=CCCCC1. The van der Waals surface area contributed by atoms with Crippen molar-refractivity contribution in [2.24, 2.45) is 0 Å². The van der Waals surface area contributed by atoms with Crippen molar-refractivity contribution in [3.63, 3.8) is 0 Å². The number of carbonyl (C=O) groups is 2. The van der Waals surface area contributed by atoms with Gasteiger partial charge in [-0.2, -0.15) is 0 Å². The van der Waals surface area contributed by atoms with Crippen LogP contribution in [-0.4, -0.2) is 29.5 Å². The van der Waals surface area contributed by atoms with Crippen LogP contribution in [0.5, 0.6) is 0 Å². The zero-order chi connectivity index (χ0) is 19.9. The Morgan fingerprint density at radius 1 is 1.36 bits per heavy atom. The van der Waals surface area contributed by atoms with Crippen LogP contribution < -0.4 is 5.32 Å². The van der Waals surface area contributed by atoms with Crippen LogP contribution in [-0.2, 0) is 9.53 Å². The van der Waals surface area contributed by atoms with Crippen LogP contribution in [0, 0.1) is 0 Å². The highest BCUT2D eigenvalue weighted by Gasteiger charge is 2.21. The predicted molar refractivity (Wildman–Crippen MR) is 112 cm³/mol. The molecule has 148 valence electrons. The predicted octanol–water partition coefficient (Wildman–Crippen LogP) is 5.02. The summed E-state index contributed by atoms with van der Waals surface area (Å²) in [5.41, 5.74) is 2.42. The molecule has 2 aromatic rings. The van der Waals surface area contributed by atoms with Crippen molar-refractivity contribution in [2.75, 3.05) is 6.54 Å². The third-order valence-corrected chi connectivity index (χ3v) is 5.69. The molecule has 0 spiro atoms. The summed E-state index contributed by atoms with van der Waals surface area (Å²) >= 11 is 7.32. The molecule has 0 saturated heterocycles. The van der Waals surface area contributed by atoms with E-state index in [2.05, 4.69) is 16.4 Å². The number of esters is 1. The first kappa shape index (κ1) is 20.6. The van der Waals surface area contributed by atoms with E-state index in [4.69, 9.17) is 16.3 Å². The average Bonchev–Trinajstić information content (AvgIpc) is 3.19. The Morgan fingerprint density at radius 2 is 2.21 bits per heavy atom. The van der Waals surface area contributed by atoms with Gasteiger partial charge in [-0.15, -0.1) is 11.3 Å². The zero-order valence-electron chi connectivity index (χ0n) is 15.7. The molecule has 1 aromatic carbocycles. The maximum absolute atomic E-state index is 12.3. The van der Waals surface area contributed by atoms with Gasteiger partial charge in [0.05, 0.1) is 0 Å². The van der Waals surface area contributed by atoms with E-state index in [1.807, 2.05) is 12.1 Å². The Kier molecular flexibility index (Phi) is 7.23. The van der Waals surface area contributed by atoms with Crippen LogP contribution in [0.4, 0.5) is 0 Å². The lowest BCUT2D eigenvalue weighted by molar-refractivity contribution is -0.129. The number of aromatic nitrogens is 1. The summed E-state index contributed by atoms with van der Waals surface area (Å²) in [5.74, 6) is -0.905. The minimum atomic E-state index is -0.871. The second kappa shape index (κ2) is 9.85. The van der Waals surface area contributed by atoms with E-state index in [1.54, 1.807) is 24.4 Å². The molecule has 0 unspecified atom stereocenters. The van der Waals surface area contributed by atoms with Crippen LogP contribution in [0.15, 0.2) is 41.3 Å². The molecule has 0 fully saturated rings. The van der Waals surface area contributed by atoms with Gasteiger partial charge in [0.25, 0.3) is 5.91 Å². The van der Waals surface area contributed by atoms with Crippen LogP contribution in [0.25, 0.3) is 10.6 Å². The van der Waals surface area contributed by atoms with E-state index in [-0.39, 0.29) is 11.6 Å². The molecule has 0 radical (unpaired) electrons. The third-order valence-electron chi connectivity index (χ3n) is 4.57. The summed E-state index contributed by atoms with van der Waals surface area (Å²) in [5, 5.41) is 5.73. The highest BCUT2D eigenvalue weighted by Crippen LogP contribution is 2.26. The van der Waals surface area contributed by atoms with Gasteiger partial charge >= 0.3 is 5.97 Å². The van der Waals surface area contributed by atoms with E-state index in [9.17, 15) is 9.59 Å². The molecule has 1 aromatic heterocycles. The summed E-state index contributed by atoms with van der Waals surface area (Å²) in [7, 11) is 0. The molecular formula is C21H23ClN2O3S. The number of thiazole rings is 1. The fraction of sp³-hybridized carbons (Fsp3) is 0.381. The molecule has 0 bridgehead atoms. The van der Waals surface area contributed by atoms with E-state index in [0.717, 1.165) is 24.8 Å². The quantitative estimate of drug-likeness (QED) is 0.506. The first-order valence-electron chi connectivity index (χ1n) is 9.41.